The number of benzene rings is 1. The topological polar surface area (TPSA) is 24.9 Å². The highest BCUT2D eigenvalue weighted by molar-refractivity contribution is 5.81. The average molecular weight is 242 g/mol. The van der Waals surface area contributed by atoms with Crippen LogP contribution in [0.15, 0.2) is 36.5 Å². The lowest BCUT2D eigenvalue weighted by Crippen LogP contribution is -2.27. The van der Waals surface area contributed by atoms with Gasteiger partial charge < -0.3 is 5.32 Å². The molecule has 2 rings (SSSR count). The van der Waals surface area contributed by atoms with Crippen LogP contribution in [0.3, 0.4) is 0 Å². The van der Waals surface area contributed by atoms with Gasteiger partial charge in [0, 0.05) is 17.6 Å². The third kappa shape index (κ3) is 3.30. The Bertz CT molecular complexity index is 488. The van der Waals surface area contributed by atoms with Gasteiger partial charge in [0.25, 0.3) is 0 Å². The van der Waals surface area contributed by atoms with Crippen LogP contribution in [0.1, 0.15) is 32.3 Å². The maximum absolute atomic E-state index is 4.50. The van der Waals surface area contributed by atoms with E-state index in [1.165, 1.54) is 17.4 Å². The van der Waals surface area contributed by atoms with Crippen LogP contribution >= 0.6 is 0 Å². The third-order valence-electron chi connectivity index (χ3n) is 3.31. The van der Waals surface area contributed by atoms with Crippen LogP contribution in [0.2, 0.25) is 0 Å². The first-order valence-corrected chi connectivity index (χ1v) is 6.87. The van der Waals surface area contributed by atoms with E-state index in [0.717, 1.165) is 24.9 Å². The highest BCUT2D eigenvalue weighted by Gasteiger charge is 2.05. The molecule has 2 nitrogen and oxygen atoms in total. The number of para-hydroxylation sites is 1. The Morgan fingerprint density at radius 1 is 1.22 bits per heavy atom. The van der Waals surface area contributed by atoms with Gasteiger partial charge in [-0.05, 0) is 44.4 Å². The molecule has 0 saturated heterocycles. The first-order chi connectivity index (χ1) is 8.81. The van der Waals surface area contributed by atoms with Crippen molar-refractivity contribution >= 4 is 10.9 Å². The second-order valence-corrected chi connectivity index (χ2v) is 4.89. The molecule has 0 spiro atoms. The van der Waals surface area contributed by atoms with E-state index in [1.54, 1.807) is 0 Å². The van der Waals surface area contributed by atoms with Crippen molar-refractivity contribution in [2.24, 2.45) is 0 Å². The maximum Gasteiger partial charge on any atom is 0.0733 e. The van der Waals surface area contributed by atoms with Crippen molar-refractivity contribution in [3.8, 4) is 0 Å². The SMILES string of the molecule is CCCNC(C)CCc1cccc2cccnc12. The number of aromatic nitrogens is 1. The van der Waals surface area contributed by atoms with E-state index >= 15 is 0 Å². The summed E-state index contributed by atoms with van der Waals surface area (Å²) in [5.41, 5.74) is 2.51. The van der Waals surface area contributed by atoms with Crippen LogP contribution in [0.4, 0.5) is 0 Å². The predicted molar refractivity (Wildman–Crippen MR) is 77.8 cm³/mol. The fourth-order valence-corrected chi connectivity index (χ4v) is 2.23. The van der Waals surface area contributed by atoms with E-state index in [1.807, 2.05) is 12.3 Å². The minimum absolute atomic E-state index is 0.573. The second kappa shape index (κ2) is 6.50. The quantitative estimate of drug-likeness (QED) is 0.838. The summed E-state index contributed by atoms with van der Waals surface area (Å²) in [7, 11) is 0. The number of nitrogens with one attached hydrogen (secondary N) is 1. The first-order valence-electron chi connectivity index (χ1n) is 6.87. The van der Waals surface area contributed by atoms with Crippen molar-refractivity contribution in [2.75, 3.05) is 6.54 Å². The van der Waals surface area contributed by atoms with Gasteiger partial charge in [-0.25, -0.2) is 0 Å². The highest BCUT2D eigenvalue weighted by Crippen LogP contribution is 2.17. The zero-order valence-corrected chi connectivity index (χ0v) is 11.3. The zero-order valence-electron chi connectivity index (χ0n) is 11.3. The van der Waals surface area contributed by atoms with Gasteiger partial charge in [0.05, 0.1) is 5.52 Å². The van der Waals surface area contributed by atoms with Crippen molar-refractivity contribution in [3.63, 3.8) is 0 Å². The average Bonchev–Trinajstić information content (AvgIpc) is 2.42. The molecule has 1 aromatic carbocycles. The zero-order chi connectivity index (χ0) is 12.8. The van der Waals surface area contributed by atoms with Gasteiger partial charge in [-0.2, -0.15) is 0 Å². The molecule has 1 heterocycles. The van der Waals surface area contributed by atoms with Crippen LogP contribution in [-0.2, 0) is 6.42 Å². The van der Waals surface area contributed by atoms with Crippen LogP contribution in [-0.4, -0.2) is 17.6 Å². The molecule has 1 atom stereocenters. The molecule has 0 radical (unpaired) electrons. The fraction of sp³-hybridized carbons (Fsp3) is 0.438. The predicted octanol–water partition coefficient (Wildman–Crippen LogP) is 3.56. The van der Waals surface area contributed by atoms with E-state index < -0.39 is 0 Å². The smallest absolute Gasteiger partial charge is 0.0733 e. The minimum Gasteiger partial charge on any atom is -0.314 e. The number of pyridine rings is 1. The van der Waals surface area contributed by atoms with E-state index in [0.29, 0.717) is 6.04 Å². The lowest BCUT2D eigenvalue weighted by molar-refractivity contribution is 0.514. The van der Waals surface area contributed by atoms with Crippen molar-refractivity contribution in [2.45, 2.75) is 39.2 Å². The highest BCUT2D eigenvalue weighted by atomic mass is 14.9. The van der Waals surface area contributed by atoms with Gasteiger partial charge in [0.1, 0.15) is 0 Å². The Morgan fingerprint density at radius 2 is 2.06 bits per heavy atom. The molecule has 0 saturated carbocycles. The summed E-state index contributed by atoms with van der Waals surface area (Å²) in [5.74, 6) is 0. The standard InChI is InChI=1S/C16H22N2/c1-3-11-17-13(2)9-10-15-7-4-6-14-8-5-12-18-16(14)15/h4-8,12-13,17H,3,9-11H2,1-2H3. The van der Waals surface area contributed by atoms with Crippen molar-refractivity contribution in [1.29, 1.82) is 0 Å². The summed E-state index contributed by atoms with van der Waals surface area (Å²) in [5, 5.41) is 4.77. The summed E-state index contributed by atoms with van der Waals surface area (Å²) in [6.45, 7) is 5.57. The van der Waals surface area contributed by atoms with Crippen LogP contribution in [0.25, 0.3) is 10.9 Å². The molecular weight excluding hydrogens is 220 g/mol. The first kappa shape index (κ1) is 13.0. The Hall–Kier alpha value is -1.41. The molecule has 1 N–H and O–H groups in total. The second-order valence-electron chi connectivity index (χ2n) is 4.89. The Balaban J connectivity index is 2.03. The van der Waals surface area contributed by atoms with Crippen LogP contribution in [0.5, 0.6) is 0 Å². The molecule has 2 heteroatoms. The number of nitrogens with zero attached hydrogens (tertiary/aromatic N) is 1. The normalized spacial score (nSPS) is 12.8. The molecule has 1 aromatic heterocycles. The summed E-state index contributed by atoms with van der Waals surface area (Å²) in [4.78, 5) is 4.50. The number of aryl methyl sites for hydroxylation is 1. The summed E-state index contributed by atoms with van der Waals surface area (Å²) >= 11 is 0. The van der Waals surface area contributed by atoms with Gasteiger partial charge in [0.15, 0.2) is 0 Å². The molecule has 1 unspecified atom stereocenters. The summed E-state index contributed by atoms with van der Waals surface area (Å²) < 4.78 is 0. The Labute approximate surface area is 109 Å². The molecule has 0 aliphatic rings. The van der Waals surface area contributed by atoms with Crippen LogP contribution in [0, 0.1) is 0 Å². The van der Waals surface area contributed by atoms with E-state index in [-0.39, 0.29) is 0 Å². The van der Waals surface area contributed by atoms with E-state index in [4.69, 9.17) is 0 Å². The lowest BCUT2D eigenvalue weighted by atomic mass is 10.0. The third-order valence-corrected chi connectivity index (χ3v) is 3.31. The van der Waals surface area contributed by atoms with Gasteiger partial charge in [-0.3, -0.25) is 4.98 Å². The van der Waals surface area contributed by atoms with Crippen molar-refractivity contribution in [3.05, 3.63) is 42.1 Å². The van der Waals surface area contributed by atoms with E-state index in [2.05, 4.69) is 48.4 Å². The molecule has 0 amide bonds. The van der Waals surface area contributed by atoms with Crippen molar-refractivity contribution < 1.29 is 0 Å². The van der Waals surface area contributed by atoms with Gasteiger partial charge in [0.2, 0.25) is 0 Å². The maximum atomic E-state index is 4.50. The number of hydrogen-bond acceptors (Lipinski definition) is 2. The molecular formula is C16H22N2. The van der Waals surface area contributed by atoms with Crippen molar-refractivity contribution in [1.82, 2.24) is 10.3 Å². The molecule has 18 heavy (non-hydrogen) atoms. The minimum atomic E-state index is 0.573. The lowest BCUT2D eigenvalue weighted by Gasteiger charge is -2.13. The number of fused-ring (bicyclic) bond motifs is 1. The van der Waals surface area contributed by atoms with Gasteiger partial charge >= 0.3 is 0 Å². The largest absolute Gasteiger partial charge is 0.314 e. The van der Waals surface area contributed by atoms with E-state index in [9.17, 15) is 0 Å². The molecule has 0 fully saturated rings. The molecule has 0 aliphatic carbocycles. The summed E-state index contributed by atoms with van der Waals surface area (Å²) in [6.07, 6.45) is 5.33. The van der Waals surface area contributed by atoms with Gasteiger partial charge in [-0.15, -0.1) is 0 Å². The van der Waals surface area contributed by atoms with Gasteiger partial charge in [-0.1, -0.05) is 31.2 Å². The molecule has 2 aromatic rings. The monoisotopic (exact) mass is 242 g/mol. The Morgan fingerprint density at radius 3 is 2.89 bits per heavy atom. The molecule has 96 valence electrons. The summed E-state index contributed by atoms with van der Waals surface area (Å²) in [6, 6.07) is 11.2. The number of rotatable bonds is 6. The van der Waals surface area contributed by atoms with Crippen LogP contribution < -0.4 is 5.32 Å². The fourth-order valence-electron chi connectivity index (χ4n) is 2.23. The Kier molecular flexibility index (Phi) is 4.71. The molecule has 0 bridgehead atoms. The molecule has 0 aliphatic heterocycles. The number of hydrogen-bond donors (Lipinski definition) is 1.